The Morgan fingerprint density at radius 2 is 1.38 bits per heavy atom. The van der Waals surface area contributed by atoms with Crippen LogP contribution in [-0.4, -0.2) is 20.4 Å². The van der Waals surface area contributed by atoms with Gasteiger partial charge in [-0.05, 0) is 0 Å². The van der Waals surface area contributed by atoms with Crippen molar-refractivity contribution in [3.8, 4) is 9.14 Å². The predicted molar refractivity (Wildman–Crippen MR) is 146 cm³/mol. The summed E-state index contributed by atoms with van der Waals surface area (Å²) in [5.41, 5.74) is 1.40. The van der Waals surface area contributed by atoms with Crippen molar-refractivity contribution < 1.29 is 0 Å². The molecule has 0 saturated heterocycles. The average Bonchev–Trinajstić information content (AvgIpc) is 3.41. The van der Waals surface area contributed by atoms with E-state index >= 15 is 0 Å². The van der Waals surface area contributed by atoms with Crippen LogP contribution in [0.5, 0.6) is 0 Å². The molecule has 2 heteroatoms. The van der Waals surface area contributed by atoms with Gasteiger partial charge in [0.15, 0.2) is 0 Å². The van der Waals surface area contributed by atoms with Crippen LogP contribution in [0.15, 0.2) is 66.7 Å². The molecule has 0 nitrogen and oxygen atoms in total. The molecule has 164 valence electrons. The number of rotatable bonds is 10. The van der Waals surface area contributed by atoms with Gasteiger partial charge in [0.1, 0.15) is 0 Å². The maximum absolute atomic E-state index is 2.48. The van der Waals surface area contributed by atoms with Crippen LogP contribution < -0.4 is 0 Å². The van der Waals surface area contributed by atoms with Crippen molar-refractivity contribution in [2.24, 2.45) is 0 Å². The van der Waals surface area contributed by atoms with Gasteiger partial charge >= 0.3 is 174 Å². The number of aryl methyl sites for hydroxylation is 1. The molecule has 2 heterocycles. The molecular weight excluding hydrogens is 520 g/mol. The molecule has 0 radical (unpaired) electrons. The molecule has 5 rings (SSSR count). The fraction of sp³-hybridized carbons (Fsp3) is 0.333. The van der Waals surface area contributed by atoms with Gasteiger partial charge in [0.25, 0.3) is 0 Å². The van der Waals surface area contributed by atoms with Crippen LogP contribution in [0.4, 0.5) is 0 Å². The zero-order valence-corrected chi connectivity index (χ0v) is 22.2. The predicted octanol–water partition coefficient (Wildman–Crippen LogP) is 9.61. The first kappa shape index (κ1) is 22.2. The first-order valence-electron chi connectivity index (χ1n) is 12.3. The number of unbranched alkanes of at least 4 members (excludes halogenated alkanes) is 7. The third kappa shape index (κ3) is 5.14. The molecule has 0 aliphatic rings. The number of fused-ring (bicyclic) bond motifs is 3. The van der Waals surface area contributed by atoms with Gasteiger partial charge < -0.3 is 0 Å². The third-order valence-electron chi connectivity index (χ3n) is 6.50. The van der Waals surface area contributed by atoms with Crippen LogP contribution in [0.2, 0.25) is 0 Å². The number of hydrogen-bond acceptors (Lipinski definition) is 1. The Hall–Kier alpha value is -1.59. The molecule has 5 aromatic rings. The second kappa shape index (κ2) is 10.6. The van der Waals surface area contributed by atoms with E-state index in [1.165, 1.54) is 89.6 Å². The Balaban J connectivity index is 1.29. The number of benzene rings is 3. The molecule has 0 aliphatic carbocycles. The van der Waals surface area contributed by atoms with E-state index in [4.69, 9.17) is 0 Å². The summed E-state index contributed by atoms with van der Waals surface area (Å²) in [5, 5.41) is 5.70. The van der Waals surface area contributed by atoms with E-state index in [9.17, 15) is 0 Å². The van der Waals surface area contributed by atoms with Gasteiger partial charge in [-0.2, -0.15) is 0 Å². The minimum atomic E-state index is -0.295. The SMILES string of the molecule is CCCCCCCCCCc1cc2cc3cc4cc(-c5ccccc5)[te]c4cc3cc2s1. The summed E-state index contributed by atoms with van der Waals surface area (Å²) in [6, 6.07) is 25.6. The van der Waals surface area contributed by atoms with E-state index in [1.807, 2.05) is 11.3 Å². The van der Waals surface area contributed by atoms with E-state index in [0.29, 0.717) is 0 Å². The molecule has 32 heavy (non-hydrogen) atoms. The van der Waals surface area contributed by atoms with Gasteiger partial charge in [0.05, 0.1) is 0 Å². The molecule has 0 N–H and O–H groups in total. The minimum absolute atomic E-state index is 0.295. The van der Waals surface area contributed by atoms with E-state index < -0.39 is 0 Å². The van der Waals surface area contributed by atoms with Crippen molar-refractivity contribution in [2.45, 2.75) is 64.7 Å². The third-order valence-corrected chi connectivity index (χ3v) is 10.9. The van der Waals surface area contributed by atoms with Gasteiger partial charge in [-0.3, -0.25) is 0 Å². The van der Waals surface area contributed by atoms with Crippen molar-refractivity contribution in [2.75, 3.05) is 0 Å². The molecule has 0 aliphatic heterocycles. The molecule has 0 atom stereocenters. The van der Waals surface area contributed by atoms with Gasteiger partial charge in [0.2, 0.25) is 0 Å². The van der Waals surface area contributed by atoms with Crippen LogP contribution in [0.25, 0.3) is 38.8 Å². The van der Waals surface area contributed by atoms with Crippen LogP contribution in [-0.2, 0) is 6.42 Å². The van der Waals surface area contributed by atoms with Crippen LogP contribution in [0.3, 0.4) is 0 Å². The van der Waals surface area contributed by atoms with E-state index in [-0.39, 0.29) is 20.4 Å². The topological polar surface area (TPSA) is 0 Å². The van der Waals surface area contributed by atoms with Crippen molar-refractivity contribution in [3.05, 3.63) is 71.6 Å². The average molecular weight is 552 g/mol. The Labute approximate surface area is 205 Å². The van der Waals surface area contributed by atoms with Gasteiger partial charge in [-0.15, -0.1) is 0 Å². The monoisotopic (exact) mass is 554 g/mol. The summed E-state index contributed by atoms with van der Waals surface area (Å²) < 4.78 is 4.62. The number of thiophene rings is 1. The standard InChI is InChI=1S/C30H32STe/c1-2-3-4-5-6-7-8-12-15-27-18-25-16-23-17-26-21-29(22-13-10-9-11-14-22)32-30(26)20-24(23)19-28(25)31-27/h9-11,13-14,16-21H,2-8,12,15H2,1H3. The van der Waals surface area contributed by atoms with Gasteiger partial charge in [-0.25, -0.2) is 0 Å². The second-order valence-electron chi connectivity index (χ2n) is 9.04. The second-order valence-corrected chi connectivity index (χ2v) is 13.3. The summed E-state index contributed by atoms with van der Waals surface area (Å²) >= 11 is 1.72. The van der Waals surface area contributed by atoms with E-state index in [0.717, 1.165) is 0 Å². The zero-order valence-electron chi connectivity index (χ0n) is 19.0. The first-order valence-corrected chi connectivity index (χ1v) is 15.4. The fourth-order valence-electron chi connectivity index (χ4n) is 4.68. The quantitative estimate of drug-likeness (QED) is 0.120. The summed E-state index contributed by atoms with van der Waals surface area (Å²) in [6.45, 7) is 2.29. The van der Waals surface area contributed by atoms with E-state index in [1.54, 1.807) is 11.9 Å². The van der Waals surface area contributed by atoms with Crippen molar-refractivity contribution >= 4 is 61.4 Å². The Bertz CT molecular complexity index is 1240. The normalized spacial score (nSPS) is 11.8. The zero-order chi connectivity index (χ0) is 21.8. The molecule has 0 bridgehead atoms. The molecule has 0 amide bonds. The molecule has 0 fully saturated rings. The van der Waals surface area contributed by atoms with Crippen molar-refractivity contribution in [3.63, 3.8) is 0 Å². The van der Waals surface area contributed by atoms with Crippen molar-refractivity contribution in [1.29, 1.82) is 0 Å². The fourth-order valence-corrected chi connectivity index (χ4v) is 8.95. The molecular formula is C30H32STe. The van der Waals surface area contributed by atoms with Crippen LogP contribution in [0, 0.1) is 0 Å². The molecule has 0 unspecified atom stereocenters. The van der Waals surface area contributed by atoms with Gasteiger partial charge in [0, 0.05) is 0 Å². The summed E-state index contributed by atoms with van der Waals surface area (Å²) in [4.78, 5) is 1.56. The summed E-state index contributed by atoms with van der Waals surface area (Å²) in [5.74, 6) is 0. The molecule has 3 aromatic carbocycles. The van der Waals surface area contributed by atoms with Crippen LogP contribution >= 0.6 is 11.3 Å². The Kier molecular flexibility index (Phi) is 7.33. The van der Waals surface area contributed by atoms with E-state index in [2.05, 4.69) is 73.7 Å². The first-order chi connectivity index (χ1) is 15.8. The Morgan fingerprint density at radius 1 is 0.656 bits per heavy atom. The Morgan fingerprint density at radius 3 is 2.19 bits per heavy atom. The maximum atomic E-state index is 2.48. The summed E-state index contributed by atoms with van der Waals surface area (Å²) in [6.07, 6.45) is 12.4. The van der Waals surface area contributed by atoms with Gasteiger partial charge in [-0.1, -0.05) is 32.6 Å². The van der Waals surface area contributed by atoms with Crippen molar-refractivity contribution in [1.82, 2.24) is 0 Å². The van der Waals surface area contributed by atoms with Crippen LogP contribution in [0.1, 0.15) is 63.2 Å². The number of hydrogen-bond donors (Lipinski definition) is 0. The summed E-state index contributed by atoms with van der Waals surface area (Å²) in [7, 11) is 0. The molecule has 0 saturated carbocycles. The molecule has 0 spiro atoms. The molecule has 2 aromatic heterocycles.